The molecule has 0 aromatic heterocycles. The Balaban J connectivity index is 1.96. The smallest absolute Gasteiger partial charge is 0.238 e. The fourth-order valence-corrected chi connectivity index (χ4v) is 3.66. The van der Waals surface area contributed by atoms with E-state index in [0.29, 0.717) is 22.3 Å². The van der Waals surface area contributed by atoms with Crippen molar-refractivity contribution in [2.75, 3.05) is 36.5 Å². The normalized spacial score (nSPS) is 10.8. The van der Waals surface area contributed by atoms with Gasteiger partial charge in [-0.05, 0) is 49.6 Å². The molecule has 0 aliphatic heterocycles. The molecule has 0 saturated heterocycles. The topological polar surface area (TPSA) is 61.4 Å². The first-order valence-electron chi connectivity index (χ1n) is 8.83. The molecule has 150 valence electrons. The van der Waals surface area contributed by atoms with Gasteiger partial charge in [-0.25, -0.2) is 0 Å². The van der Waals surface area contributed by atoms with E-state index in [2.05, 4.69) is 10.6 Å². The van der Waals surface area contributed by atoms with Crippen LogP contribution in [0.5, 0.6) is 0 Å². The first-order valence-corrected chi connectivity index (χ1v) is 10.8. The average Bonchev–Trinajstić information content (AvgIpc) is 2.64. The minimum atomic E-state index is -0.241. The van der Waals surface area contributed by atoms with E-state index in [-0.39, 0.29) is 24.9 Å². The third-order valence-corrected chi connectivity index (χ3v) is 5.20. The fourth-order valence-electron chi connectivity index (χ4n) is 2.65. The van der Waals surface area contributed by atoms with Crippen LogP contribution < -0.4 is 10.6 Å². The van der Waals surface area contributed by atoms with Gasteiger partial charge in [0.15, 0.2) is 0 Å². The summed E-state index contributed by atoms with van der Waals surface area (Å²) >= 11 is 13.5. The van der Waals surface area contributed by atoms with Gasteiger partial charge in [0.1, 0.15) is 0 Å². The summed E-state index contributed by atoms with van der Waals surface area (Å²) in [5.41, 5.74) is 1.26. The molecule has 8 heteroatoms. The number of thioether (sulfide) groups is 1. The molecule has 2 N–H and O–H groups in total. The molecule has 0 saturated carbocycles. The van der Waals surface area contributed by atoms with Crippen LogP contribution in [0.1, 0.15) is 13.3 Å². The lowest BCUT2D eigenvalue weighted by molar-refractivity contribution is -0.120. The van der Waals surface area contributed by atoms with Crippen LogP contribution in [-0.4, -0.2) is 42.6 Å². The number of nitrogens with zero attached hydrogens (tertiary/aromatic N) is 1. The third kappa shape index (κ3) is 7.02. The zero-order chi connectivity index (χ0) is 20.5. The quantitative estimate of drug-likeness (QED) is 0.539. The Labute approximate surface area is 179 Å². The van der Waals surface area contributed by atoms with E-state index >= 15 is 0 Å². The number of rotatable bonds is 9. The molecular formula is C20H23Cl2N3O2S. The number of nitrogens with one attached hydrogen (secondary N) is 2. The molecule has 0 bridgehead atoms. The first kappa shape index (κ1) is 22.6. The maximum Gasteiger partial charge on any atom is 0.238 e. The minimum Gasteiger partial charge on any atom is -0.324 e. The second-order valence-electron chi connectivity index (χ2n) is 6.13. The summed E-state index contributed by atoms with van der Waals surface area (Å²) in [6.07, 6.45) is 2.78. The van der Waals surface area contributed by atoms with Crippen molar-refractivity contribution in [3.8, 4) is 0 Å². The van der Waals surface area contributed by atoms with Crippen LogP contribution in [0.4, 0.5) is 11.4 Å². The van der Waals surface area contributed by atoms with E-state index in [1.807, 2.05) is 37.4 Å². The van der Waals surface area contributed by atoms with Crippen molar-refractivity contribution in [2.24, 2.45) is 0 Å². The van der Waals surface area contributed by atoms with Gasteiger partial charge >= 0.3 is 0 Å². The standard InChI is InChI=1S/C20H23Cl2N3O2S/c1-3-10-25(12-19(26)23-16-9-8-14(21)11-15(16)22)13-20(27)24-17-6-4-5-7-18(17)28-2/h4-9,11H,3,10,12-13H2,1-2H3,(H,23,26)(H,24,27). The van der Waals surface area contributed by atoms with E-state index in [0.717, 1.165) is 17.0 Å². The van der Waals surface area contributed by atoms with Crippen LogP contribution in [0, 0.1) is 0 Å². The van der Waals surface area contributed by atoms with E-state index in [1.165, 1.54) is 0 Å². The maximum atomic E-state index is 12.5. The molecule has 2 aromatic rings. The molecule has 5 nitrogen and oxygen atoms in total. The van der Waals surface area contributed by atoms with Gasteiger partial charge < -0.3 is 10.6 Å². The highest BCUT2D eigenvalue weighted by atomic mass is 35.5. The molecule has 0 unspecified atom stereocenters. The molecule has 0 aliphatic carbocycles. The SMILES string of the molecule is CCCN(CC(=O)Nc1ccc(Cl)cc1Cl)CC(=O)Nc1ccccc1SC. The van der Waals surface area contributed by atoms with E-state index in [9.17, 15) is 9.59 Å². The first-order chi connectivity index (χ1) is 13.4. The maximum absolute atomic E-state index is 12.5. The van der Waals surface area contributed by atoms with Crippen LogP contribution in [0.3, 0.4) is 0 Å². The number of carbonyl (C=O) groups is 2. The molecule has 0 heterocycles. The number of anilines is 2. The molecule has 0 fully saturated rings. The highest BCUT2D eigenvalue weighted by Gasteiger charge is 2.16. The van der Waals surface area contributed by atoms with Crippen molar-refractivity contribution in [1.82, 2.24) is 4.90 Å². The van der Waals surface area contributed by atoms with Crippen LogP contribution in [0.2, 0.25) is 10.0 Å². The highest BCUT2D eigenvalue weighted by molar-refractivity contribution is 7.98. The Morgan fingerprint density at radius 2 is 1.64 bits per heavy atom. The molecule has 0 spiro atoms. The van der Waals surface area contributed by atoms with Crippen molar-refractivity contribution in [3.05, 3.63) is 52.5 Å². The zero-order valence-electron chi connectivity index (χ0n) is 15.8. The molecular weight excluding hydrogens is 417 g/mol. The van der Waals surface area contributed by atoms with Crippen LogP contribution in [0.25, 0.3) is 0 Å². The van der Waals surface area contributed by atoms with Crippen molar-refractivity contribution in [3.63, 3.8) is 0 Å². The Kier molecular flexibility index (Phi) is 9.12. The number of halogens is 2. The monoisotopic (exact) mass is 439 g/mol. The number of amides is 2. The summed E-state index contributed by atoms with van der Waals surface area (Å²) in [5, 5.41) is 6.55. The lowest BCUT2D eigenvalue weighted by Crippen LogP contribution is -2.39. The molecule has 0 atom stereocenters. The van der Waals surface area contributed by atoms with Crippen LogP contribution >= 0.6 is 35.0 Å². The largest absolute Gasteiger partial charge is 0.324 e. The Bertz CT molecular complexity index is 833. The molecule has 2 aromatic carbocycles. The van der Waals surface area contributed by atoms with Gasteiger partial charge in [0, 0.05) is 9.92 Å². The number of hydrogen-bond donors (Lipinski definition) is 2. The summed E-state index contributed by atoms with van der Waals surface area (Å²) in [4.78, 5) is 27.7. The van der Waals surface area contributed by atoms with Gasteiger partial charge in [0.05, 0.1) is 29.5 Å². The predicted octanol–water partition coefficient (Wildman–Crippen LogP) is 5.00. The predicted molar refractivity (Wildman–Crippen MR) is 119 cm³/mol. The van der Waals surface area contributed by atoms with Crippen LogP contribution in [-0.2, 0) is 9.59 Å². The van der Waals surface area contributed by atoms with E-state index in [4.69, 9.17) is 23.2 Å². The highest BCUT2D eigenvalue weighted by Crippen LogP contribution is 2.26. The van der Waals surface area contributed by atoms with Crippen molar-refractivity contribution >= 4 is 58.2 Å². The second kappa shape index (κ2) is 11.3. The van der Waals surface area contributed by atoms with Gasteiger partial charge in [-0.3, -0.25) is 14.5 Å². The van der Waals surface area contributed by atoms with Gasteiger partial charge in [-0.15, -0.1) is 11.8 Å². The lowest BCUT2D eigenvalue weighted by Gasteiger charge is -2.21. The van der Waals surface area contributed by atoms with Gasteiger partial charge in [-0.1, -0.05) is 42.3 Å². The van der Waals surface area contributed by atoms with Crippen molar-refractivity contribution in [2.45, 2.75) is 18.2 Å². The zero-order valence-corrected chi connectivity index (χ0v) is 18.1. The summed E-state index contributed by atoms with van der Waals surface area (Å²) in [5.74, 6) is -0.401. The summed E-state index contributed by atoms with van der Waals surface area (Å²) in [6, 6.07) is 12.5. The number of carbonyl (C=O) groups excluding carboxylic acids is 2. The fraction of sp³-hybridized carbons (Fsp3) is 0.300. The second-order valence-corrected chi connectivity index (χ2v) is 7.82. The van der Waals surface area contributed by atoms with Gasteiger partial charge in [0.2, 0.25) is 11.8 Å². The summed E-state index contributed by atoms with van der Waals surface area (Å²) in [6.45, 7) is 2.84. The van der Waals surface area contributed by atoms with Crippen LogP contribution in [0.15, 0.2) is 47.4 Å². The van der Waals surface area contributed by atoms with Gasteiger partial charge in [0.25, 0.3) is 0 Å². The summed E-state index contributed by atoms with van der Waals surface area (Å²) < 4.78 is 0. The Hall–Kier alpha value is -1.73. The lowest BCUT2D eigenvalue weighted by atomic mass is 10.3. The molecule has 2 amide bonds. The van der Waals surface area contributed by atoms with Gasteiger partial charge in [-0.2, -0.15) is 0 Å². The molecule has 28 heavy (non-hydrogen) atoms. The minimum absolute atomic E-state index is 0.0877. The number of benzene rings is 2. The average molecular weight is 440 g/mol. The number of para-hydroxylation sites is 1. The Morgan fingerprint density at radius 1 is 1.00 bits per heavy atom. The Morgan fingerprint density at radius 3 is 2.25 bits per heavy atom. The third-order valence-electron chi connectivity index (χ3n) is 3.86. The van der Waals surface area contributed by atoms with Crippen molar-refractivity contribution < 1.29 is 9.59 Å². The van der Waals surface area contributed by atoms with Crippen molar-refractivity contribution in [1.29, 1.82) is 0 Å². The van der Waals surface area contributed by atoms with E-state index in [1.54, 1.807) is 34.9 Å². The van der Waals surface area contributed by atoms with E-state index < -0.39 is 0 Å². The molecule has 2 rings (SSSR count). The number of hydrogen-bond acceptors (Lipinski definition) is 4. The summed E-state index contributed by atoms with van der Waals surface area (Å²) in [7, 11) is 0. The molecule has 0 radical (unpaired) electrons. The molecule has 0 aliphatic rings.